The first-order chi connectivity index (χ1) is 17.8. The predicted octanol–water partition coefficient (Wildman–Crippen LogP) is 3.58. The first kappa shape index (κ1) is 29.4. The molecule has 202 valence electrons. The van der Waals surface area contributed by atoms with Gasteiger partial charge in [-0.1, -0.05) is 39.2 Å². The van der Waals surface area contributed by atoms with Crippen molar-refractivity contribution in [1.82, 2.24) is 16.1 Å². The number of hydroxylamine groups is 1. The van der Waals surface area contributed by atoms with Crippen molar-refractivity contribution >= 4 is 23.7 Å². The molecule has 2 aromatic rings. The minimum Gasteiger partial charge on any atom is -0.493 e. The van der Waals surface area contributed by atoms with E-state index < -0.39 is 35.5 Å². The Morgan fingerprint density at radius 3 is 2.35 bits per heavy atom. The predicted molar refractivity (Wildman–Crippen MR) is 134 cm³/mol. The molecule has 0 spiro atoms. The zero-order chi connectivity index (χ0) is 27.4. The van der Waals surface area contributed by atoms with E-state index in [1.807, 2.05) is 6.92 Å². The van der Waals surface area contributed by atoms with Crippen molar-refractivity contribution < 1.29 is 38.6 Å². The van der Waals surface area contributed by atoms with Crippen molar-refractivity contribution in [3.63, 3.8) is 0 Å². The molecule has 0 saturated carbocycles. The maximum absolute atomic E-state index is 12.8. The summed E-state index contributed by atoms with van der Waals surface area (Å²) in [6.07, 6.45) is 3.46. The number of unbranched alkanes of at least 4 members (excludes halogenated alkanes) is 2. The van der Waals surface area contributed by atoms with Gasteiger partial charge in [0.15, 0.2) is 5.76 Å². The van der Waals surface area contributed by atoms with E-state index in [4.69, 9.17) is 14.4 Å². The molecule has 0 radical (unpaired) electrons. The van der Waals surface area contributed by atoms with Crippen LogP contribution in [0.4, 0.5) is 0 Å². The zero-order valence-electron chi connectivity index (χ0n) is 21.3. The van der Waals surface area contributed by atoms with Gasteiger partial charge in [0.2, 0.25) is 11.8 Å². The second-order valence-corrected chi connectivity index (χ2v) is 8.43. The van der Waals surface area contributed by atoms with Crippen LogP contribution in [0.25, 0.3) is 11.3 Å². The van der Waals surface area contributed by atoms with Crippen LogP contribution in [0.5, 0.6) is 5.75 Å². The van der Waals surface area contributed by atoms with Crippen LogP contribution in [0.15, 0.2) is 34.7 Å². The third-order valence-corrected chi connectivity index (χ3v) is 5.97. The highest BCUT2D eigenvalue weighted by molar-refractivity contribution is 5.93. The number of carboxylic acids is 1. The average Bonchev–Trinajstić information content (AvgIpc) is 3.38. The maximum atomic E-state index is 12.8. The number of furan rings is 1. The van der Waals surface area contributed by atoms with E-state index in [0.29, 0.717) is 24.2 Å². The molecule has 0 unspecified atom stereocenters. The number of aromatic carboxylic acids is 1. The van der Waals surface area contributed by atoms with E-state index in [9.17, 15) is 24.3 Å². The van der Waals surface area contributed by atoms with Crippen LogP contribution >= 0.6 is 0 Å². The number of hydrogen-bond donors (Lipinski definition) is 5. The van der Waals surface area contributed by atoms with E-state index in [-0.39, 0.29) is 30.3 Å². The summed E-state index contributed by atoms with van der Waals surface area (Å²) in [5, 5.41) is 23.5. The number of hydrogen-bond acceptors (Lipinski definition) is 7. The highest BCUT2D eigenvalue weighted by Gasteiger charge is 2.32. The van der Waals surface area contributed by atoms with Crippen molar-refractivity contribution in [2.45, 2.75) is 52.9 Å². The molecule has 0 aliphatic rings. The summed E-state index contributed by atoms with van der Waals surface area (Å²) in [7, 11) is 0. The first-order valence-electron chi connectivity index (χ1n) is 12.4. The number of rotatable bonds is 15. The molecule has 37 heavy (non-hydrogen) atoms. The summed E-state index contributed by atoms with van der Waals surface area (Å²) in [5.41, 5.74) is 2.18. The summed E-state index contributed by atoms with van der Waals surface area (Å²) in [5.74, 6) is -3.52. The topological polar surface area (TPSA) is 167 Å². The molecular weight excluding hydrogens is 482 g/mol. The number of nitrogens with one attached hydrogen (secondary N) is 3. The maximum Gasteiger partial charge on any atom is 0.339 e. The smallest absolute Gasteiger partial charge is 0.339 e. The lowest BCUT2D eigenvalue weighted by Crippen LogP contribution is -2.44. The quantitative estimate of drug-likeness (QED) is 0.103. The molecule has 3 amide bonds. The molecule has 5 N–H and O–H groups in total. The molecule has 11 nitrogen and oxygen atoms in total. The molecular formula is C26H35N3O8. The Morgan fingerprint density at radius 2 is 1.73 bits per heavy atom. The molecule has 2 atom stereocenters. The highest BCUT2D eigenvalue weighted by atomic mass is 16.5. The third kappa shape index (κ3) is 8.07. The van der Waals surface area contributed by atoms with Gasteiger partial charge in [-0.15, -0.1) is 0 Å². The molecule has 1 heterocycles. The molecule has 11 heteroatoms. The van der Waals surface area contributed by atoms with Crippen molar-refractivity contribution in [3.05, 3.63) is 41.7 Å². The van der Waals surface area contributed by atoms with Gasteiger partial charge in [0.25, 0.3) is 5.91 Å². The molecule has 0 bridgehead atoms. The van der Waals surface area contributed by atoms with Crippen molar-refractivity contribution in [3.8, 4) is 17.1 Å². The average molecular weight is 518 g/mol. The van der Waals surface area contributed by atoms with Gasteiger partial charge in [-0.2, -0.15) is 0 Å². The van der Waals surface area contributed by atoms with Crippen LogP contribution in [0.2, 0.25) is 0 Å². The Hall–Kier alpha value is -3.86. The van der Waals surface area contributed by atoms with Crippen LogP contribution in [0, 0.1) is 11.8 Å². The van der Waals surface area contributed by atoms with Crippen LogP contribution < -0.4 is 20.9 Å². The molecule has 1 aromatic carbocycles. The Labute approximate surface area is 215 Å². The fourth-order valence-electron chi connectivity index (χ4n) is 4.04. The van der Waals surface area contributed by atoms with E-state index in [2.05, 4.69) is 10.6 Å². The van der Waals surface area contributed by atoms with Crippen LogP contribution in [0.1, 0.15) is 73.8 Å². The van der Waals surface area contributed by atoms with Gasteiger partial charge in [0.05, 0.1) is 19.2 Å². The SMILES string of the molecule is CCCCC[C@@H](C(=O)NCNC(=O)c1ccc(-c2ccc(C(=O)O)c(OCC)c2)o1)[C@@H](CC)C(=O)NO. The Bertz CT molecular complexity index is 1080. The summed E-state index contributed by atoms with van der Waals surface area (Å²) >= 11 is 0. The molecule has 0 saturated heterocycles. The van der Waals surface area contributed by atoms with E-state index in [0.717, 1.165) is 19.3 Å². The highest BCUT2D eigenvalue weighted by Crippen LogP contribution is 2.29. The van der Waals surface area contributed by atoms with E-state index >= 15 is 0 Å². The third-order valence-electron chi connectivity index (χ3n) is 5.97. The largest absolute Gasteiger partial charge is 0.493 e. The summed E-state index contributed by atoms with van der Waals surface area (Å²) < 4.78 is 11.0. The Morgan fingerprint density at radius 1 is 0.973 bits per heavy atom. The summed E-state index contributed by atoms with van der Waals surface area (Å²) in [6, 6.07) is 7.52. The lowest BCUT2D eigenvalue weighted by molar-refractivity contribution is -0.140. The van der Waals surface area contributed by atoms with E-state index in [1.165, 1.54) is 18.2 Å². The summed E-state index contributed by atoms with van der Waals surface area (Å²) in [4.78, 5) is 48.8. The molecule has 2 rings (SSSR count). The normalized spacial score (nSPS) is 12.3. The second-order valence-electron chi connectivity index (χ2n) is 8.43. The summed E-state index contributed by atoms with van der Waals surface area (Å²) in [6.45, 7) is 5.64. The van der Waals surface area contributed by atoms with Crippen LogP contribution in [-0.4, -0.2) is 47.3 Å². The fraction of sp³-hybridized carbons (Fsp3) is 0.462. The Kier molecular flexibility index (Phi) is 11.6. The molecule has 0 aliphatic carbocycles. The van der Waals surface area contributed by atoms with Crippen LogP contribution in [0.3, 0.4) is 0 Å². The second kappa shape index (κ2) is 14.6. The van der Waals surface area contributed by atoms with E-state index in [1.54, 1.807) is 31.5 Å². The Balaban J connectivity index is 2.03. The van der Waals surface area contributed by atoms with Crippen LogP contribution in [-0.2, 0) is 9.59 Å². The van der Waals surface area contributed by atoms with Gasteiger partial charge < -0.3 is 24.9 Å². The van der Waals surface area contributed by atoms with Crippen molar-refractivity contribution in [1.29, 1.82) is 0 Å². The van der Waals surface area contributed by atoms with Gasteiger partial charge >= 0.3 is 5.97 Å². The number of benzene rings is 1. The van der Waals surface area contributed by atoms with Gasteiger partial charge in [-0.3, -0.25) is 19.6 Å². The zero-order valence-corrected chi connectivity index (χ0v) is 21.3. The number of carbonyl (C=O) groups excluding carboxylic acids is 3. The van der Waals surface area contributed by atoms with Gasteiger partial charge in [-0.25, -0.2) is 10.3 Å². The lowest BCUT2D eigenvalue weighted by atomic mass is 9.84. The lowest BCUT2D eigenvalue weighted by Gasteiger charge is -2.24. The minimum atomic E-state index is -1.12. The number of amides is 3. The number of carboxylic acid groups (broad SMARTS) is 1. The van der Waals surface area contributed by atoms with Gasteiger partial charge in [0, 0.05) is 11.5 Å². The standard InChI is InChI=1S/C26H35N3O8/c1-4-7-8-9-18(17(5-2)24(31)29-35)23(30)27-15-28-25(32)21-13-12-20(37-21)16-10-11-19(26(33)34)22(14-16)36-6-3/h10-14,17-18,35H,4-9,15H2,1-3H3,(H,27,30)(H,28,32)(H,29,31)(H,33,34)/t17-,18-/m1/s1. The molecule has 1 aromatic heterocycles. The number of carbonyl (C=O) groups is 4. The van der Waals surface area contributed by atoms with Crippen molar-refractivity contribution in [2.75, 3.05) is 13.3 Å². The fourth-order valence-corrected chi connectivity index (χ4v) is 4.04. The first-order valence-corrected chi connectivity index (χ1v) is 12.4. The monoisotopic (exact) mass is 517 g/mol. The van der Waals surface area contributed by atoms with Gasteiger partial charge in [0.1, 0.15) is 17.1 Å². The number of ether oxygens (including phenoxy) is 1. The minimum absolute atomic E-state index is 0.00453. The van der Waals surface area contributed by atoms with Gasteiger partial charge in [-0.05, 0) is 44.0 Å². The molecule has 0 fully saturated rings. The van der Waals surface area contributed by atoms with Crippen molar-refractivity contribution in [2.24, 2.45) is 11.8 Å². The molecule has 0 aliphatic heterocycles.